The molecule has 0 radical (unpaired) electrons. The van der Waals surface area contributed by atoms with Crippen LogP contribution in [0.5, 0.6) is 11.5 Å². The molecule has 1 aliphatic heterocycles. The van der Waals surface area contributed by atoms with Crippen LogP contribution in [-0.2, 0) is 0 Å². The third kappa shape index (κ3) is 4.73. The first-order valence-corrected chi connectivity index (χ1v) is 9.71. The highest BCUT2D eigenvalue weighted by Crippen LogP contribution is 2.29. The minimum atomic E-state index is 0.0470. The molecule has 1 aliphatic rings. The average molecular weight is 368 g/mol. The maximum atomic E-state index is 12.9. The number of rotatable bonds is 7. The molecule has 0 aromatic heterocycles. The molecule has 0 N–H and O–H groups in total. The molecule has 1 heterocycles. The van der Waals surface area contributed by atoms with Gasteiger partial charge in [-0.05, 0) is 43.7 Å². The Morgan fingerprint density at radius 2 is 1.67 bits per heavy atom. The molecule has 27 heavy (non-hydrogen) atoms. The van der Waals surface area contributed by atoms with Gasteiger partial charge >= 0.3 is 0 Å². The van der Waals surface area contributed by atoms with Crippen LogP contribution in [0.25, 0.3) is 0 Å². The number of piperazine rings is 1. The highest BCUT2D eigenvalue weighted by Gasteiger charge is 2.23. The van der Waals surface area contributed by atoms with Crippen LogP contribution in [0.15, 0.2) is 48.5 Å². The number of para-hydroxylation sites is 1. The van der Waals surface area contributed by atoms with Crippen molar-refractivity contribution in [2.45, 2.75) is 20.3 Å². The van der Waals surface area contributed by atoms with Crippen molar-refractivity contribution in [2.24, 2.45) is 0 Å². The van der Waals surface area contributed by atoms with Gasteiger partial charge in [-0.15, -0.1) is 0 Å². The Hall–Kier alpha value is -2.69. The Bertz CT molecular complexity index is 740. The number of ether oxygens (including phenoxy) is 2. The number of amides is 1. The second-order valence-corrected chi connectivity index (χ2v) is 6.56. The van der Waals surface area contributed by atoms with E-state index in [9.17, 15) is 4.79 Å². The van der Waals surface area contributed by atoms with Crippen LogP contribution < -0.4 is 14.4 Å². The molecule has 0 spiro atoms. The molecular formula is C22H28N2O3. The summed E-state index contributed by atoms with van der Waals surface area (Å²) < 4.78 is 11.4. The van der Waals surface area contributed by atoms with Gasteiger partial charge in [0.05, 0.1) is 13.2 Å². The predicted molar refractivity (Wildman–Crippen MR) is 108 cm³/mol. The van der Waals surface area contributed by atoms with Crippen LogP contribution in [0.1, 0.15) is 30.6 Å². The van der Waals surface area contributed by atoms with Crippen molar-refractivity contribution in [3.8, 4) is 11.5 Å². The molecule has 0 atom stereocenters. The second-order valence-electron chi connectivity index (χ2n) is 6.56. The molecule has 5 heteroatoms. The molecule has 2 aromatic carbocycles. The van der Waals surface area contributed by atoms with Gasteiger partial charge in [0.2, 0.25) is 0 Å². The molecule has 5 nitrogen and oxygen atoms in total. The summed E-state index contributed by atoms with van der Waals surface area (Å²) in [5.74, 6) is 1.38. The lowest BCUT2D eigenvalue weighted by atomic mass is 10.1. The van der Waals surface area contributed by atoms with Crippen molar-refractivity contribution in [3.63, 3.8) is 0 Å². The molecule has 2 aromatic rings. The summed E-state index contributed by atoms with van der Waals surface area (Å²) in [7, 11) is 0. The van der Waals surface area contributed by atoms with Crippen LogP contribution in [0.3, 0.4) is 0 Å². The molecule has 3 rings (SSSR count). The molecular weight excluding hydrogens is 340 g/mol. The van der Waals surface area contributed by atoms with Gasteiger partial charge in [0.25, 0.3) is 5.91 Å². The highest BCUT2D eigenvalue weighted by molar-refractivity contribution is 5.95. The summed E-state index contributed by atoms with van der Waals surface area (Å²) in [5, 5.41) is 0. The maximum absolute atomic E-state index is 12.9. The average Bonchev–Trinajstić information content (AvgIpc) is 2.73. The van der Waals surface area contributed by atoms with Gasteiger partial charge in [0, 0.05) is 37.4 Å². The van der Waals surface area contributed by atoms with Gasteiger partial charge in [-0.3, -0.25) is 4.79 Å². The Labute approximate surface area is 161 Å². The van der Waals surface area contributed by atoms with Gasteiger partial charge in [0.1, 0.15) is 0 Å². The van der Waals surface area contributed by atoms with Crippen molar-refractivity contribution in [1.82, 2.24) is 4.90 Å². The number of hydrogen-bond acceptors (Lipinski definition) is 4. The van der Waals surface area contributed by atoms with Gasteiger partial charge in [-0.2, -0.15) is 0 Å². The smallest absolute Gasteiger partial charge is 0.254 e. The number of anilines is 1. The number of carbonyl (C=O) groups is 1. The summed E-state index contributed by atoms with van der Waals surface area (Å²) in [6, 6.07) is 15.8. The topological polar surface area (TPSA) is 42.0 Å². The van der Waals surface area contributed by atoms with Crippen molar-refractivity contribution in [1.29, 1.82) is 0 Å². The van der Waals surface area contributed by atoms with E-state index >= 15 is 0 Å². The second kappa shape index (κ2) is 9.31. The number of hydrogen-bond donors (Lipinski definition) is 0. The molecule has 144 valence electrons. The van der Waals surface area contributed by atoms with Gasteiger partial charge in [-0.25, -0.2) is 0 Å². The van der Waals surface area contributed by atoms with E-state index in [0.717, 1.165) is 19.5 Å². The van der Waals surface area contributed by atoms with Crippen LogP contribution in [0.4, 0.5) is 5.69 Å². The first-order chi connectivity index (χ1) is 13.2. The molecule has 1 fully saturated rings. The Morgan fingerprint density at radius 1 is 0.926 bits per heavy atom. The fraction of sp³-hybridized carbons (Fsp3) is 0.409. The van der Waals surface area contributed by atoms with Gasteiger partial charge < -0.3 is 19.3 Å². The van der Waals surface area contributed by atoms with E-state index in [1.54, 1.807) is 6.07 Å². The van der Waals surface area contributed by atoms with Crippen LogP contribution >= 0.6 is 0 Å². The fourth-order valence-corrected chi connectivity index (χ4v) is 3.23. The van der Waals surface area contributed by atoms with Gasteiger partial charge in [0.15, 0.2) is 11.5 Å². The first kappa shape index (κ1) is 19.1. The van der Waals surface area contributed by atoms with Crippen LogP contribution in [0, 0.1) is 0 Å². The zero-order chi connectivity index (χ0) is 19.1. The Morgan fingerprint density at radius 3 is 2.33 bits per heavy atom. The number of carbonyl (C=O) groups excluding carboxylic acids is 1. The summed E-state index contributed by atoms with van der Waals surface area (Å²) in [6.07, 6.45) is 0.929. The minimum Gasteiger partial charge on any atom is -0.490 e. The van der Waals surface area contributed by atoms with E-state index in [0.29, 0.717) is 43.4 Å². The maximum Gasteiger partial charge on any atom is 0.254 e. The third-order valence-electron chi connectivity index (χ3n) is 4.64. The van der Waals surface area contributed by atoms with Gasteiger partial charge in [-0.1, -0.05) is 25.1 Å². The predicted octanol–water partition coefficient (Wildman–Crippen LogP) is 3.84. The lowest BCUT2D eigenvalue weighted by molar-refractivity contribution is 0.0746. The summed E-state index contributed by atoms with van der Waals surface area (Å²) in [6.45, 7) is 8.27. The van der Waals surface area contributed by atoms with Crippen LogP contribution in [-0.4, -0.2) is 50.2 Å². The molecule has 0 bridgehead atoms. The van der Waals surface area contributed by atoms with E-state index in [4.69, 9.17) is 9.47 Å². The van der Waals surface area contributed by atoms with E-state index in [1.807, 2.05) is 42.2 Å². The largest absolute Gasteiger partial charge is 0.490 e. The van der Waals surface area contributed by atoms with E-state index in [2.05, 4.69) is 24.0 Å². The summed E-state index contributed by atoms with van der Waals surface area (Å²) in [5.41, 5.74) is 1.86. The summed E-state index contributed by atoms with van der Waals surface area (Å²) in [4.78, 5) is 17.2. The third-order valence-corrected chi connectivity index (χ3v) is 4.64. The normalized spacial score (nSPS) is 14.1. The molecule has 0 saturated carbocycles. The monoisotopic (exact) mass is 368 g/mol. The quantitative estimate of drug-likeness (QED) is 0.745. The highest BCUT2D eigenvalue weighted by atomic mass is 16.5. The first-order valence-electron chi connectivity index (χ1n) is 9.71. The molecule has 1 saturated heterocycles. The van der Waals surface area contributed by atoms with Crippen molar-refractivity contribution < 1.29 is 14.3 Å². The molecule has 0 unspecified atom stereocenters. The van der Waals surface area contributed by atoms with E-state index in [-0.39, 0.29) is 5.91 Å². The Kier molecular flexibility index (Phi) is 6.58. The van der Waals surface area contributed by atoms with Crippen molar-refractivity contribution in [3.05, 3.63) is 54.1 Å². The van der Waals surface area contributed by atoms with Crippen LogP contribution in [0.2, 0.25) is 0 Å². The Balaban J connectivity index is 1.66. The SMILES string of the molecule is CCCOc1ccc(C(=O)N2CCN(c3ccccc3)CC2)cc1OCC. The zero-order valence-electron chi connectivity index (χ0n) is 16.2. The van der Waals surface area contributed by atoms with Crippen molar-refractivity contribution in [2.75, 3.05) is 44.3 Å². The lowest BCUT2D eigenvalue weighted by Crippen LogP contribution is -2.48. The van der Waals surface area contributed by atoms with E-state index in [1.165, 1.54) is 5.69 Å². The molecule has 1 amide bonds. The summed E-state index contributed by atoms with van der Waals surface area (Å²) >= 11 is 0. The van der Waals surface area contributed by atoms with Crippen molar-refractivity contribution >= 4 is 11.6 Å². The standard InChI is InChI=1S/C22H28N2O3/c1-3-16-27-20-11-10-18(17-21(20)26-4-2)22(25)24-14-12-23(13-15-24)19-8-6-5-7-9-19/h5-11,17H,3-4,12-16H2,1-2H3. The molecule has 0 aliphatic carbocycles. The lowest BCUT2D eigenvalue weighted by Gasteiger charge is -2.36. The zero-order valence-corrected chi connectivity index (χ0v) is 16.2. The minimum absolute atomic E-state index is 0.0470. The number of nitrogens with zero attached hydrogens (tertiary/aromatic N) is 2. The van der Waals surface area contributed by atoms with E-state index < -0.39 is 0 Å². The fourth-order valence-electron chi connectivity index (χ4n) is 3.23. The number of benzene rings is 2.